The van der Waals surface area contributed by atoms with Crippen LogP contribution in [-0.2, 0) is 0 Å². The number of ether oxygens (including phenoxy) is 1. The van der Waals surface area contributed by atoms with E-state index in [-0.39, 0.29) is 11.7 Å². The lowest BCUT2D eigenvalue weighted by atomic mass is 10.0. The molecule has 3 rings (SSSR count). The molecule has 0 aromatic heterocycles. The van der Waals surface area contributed by atoms with Crippen LogP contribution in [0.5, 0.6) is 5.75 Å². The largest absolute Gasteiger partial charge is 0.497 e. The summed E-state index contributed by atoms with van der Waals surface area (Å²) in [5, 5.41) is 3.50. The van der Waals surface area contributed by atoms with Crippen molar-refractivity contribution in [2.75, 3.05) is 25.5 Å². The summed E-state index contributed by atoms with van der Waals surface area (Å²) in [7, 11) is 1.65. The number of benzene rings is 2. The zero-order valence-electron chi connectivity index (χ0n) is 14.0. The summed E-state index contributed by atoms with van der Waals surface area (Å²) >= 11 is 3.27. The SMILES string of the molecule is COc1cccc(NC2CCN(C(=O)c3ccc(F)cc3Br)CC2)c1. The van der Waals surface area contributed by atoms with Gasteiger partial charge in [-0.15, -0.1) is 0 Å². The minimum absolute atomic E-state index is 0.0632. The van der Waals surface area contributed by atoms with Gasteiger partial charge in [0.15, 0.2) is 0 Å². The smallest absolute Gasteiger partial charge is 0.255 e. The number of likely N-dealkylation sites (tertiary alicyclic amines) is 1. The first-order valence-corrected chi connectivity index (χ1v) is 9.01. The molecule has 0 spiro atoms. The molecule has 0 radical (unpaired) electrons. The van der Waals surface area contributed by atoms with E-state index in [9.17, 15) is 9.18 Å². The molecule has 1 amide bonds. The van der Waals surface area contributed by atoms with Crippen molar-refractivity contribution in [1.29, 1.82) is 0 Å². The molecular weight excluding hydrogens is 387 g/mol. The molecule has 0 unspecified atom stereocenters. The van der Waals surface area contributed by atoms with Crippen LogP contribution < -0.4 is 10.1 Å². The van der Waals surface area contributed by atoms with E-state index in [0.29, 0.717) is 29.2 Å². The van der Waals surface area contributed by atoms with E-state index >= 15 is 0 Å². The first kappa shape index (κ1) is 17.7. The number of carbonyl (C=O) groups is 1. The number of amides is 1. The lowest BCUT2D eigenvalue weighted by molar-refractivity contribution is 0.0717. The summed E-state index contributed by atoms with van der Waals surface area (Å²) in [5.74, 6) is 0.398. The molecule has 2 aromatic rings. The second kappa shape index (κ2) is 7.87. The molecule has 2 aromatic carbocycles. The maximum atomic E-state index is 13.2. The maximum absolute atomic E-state index is 13.2. The van der Waals surface area contributed by atoms with Gasteiger partial charge in [-0.25, -0.2) is 4.39 Å². The van der Waals surface area contributed by atoms with Gasteiger partial charge in [-0.05, 0) is 59.1 Å². The number of halogens is 2. The number of piperidine rings is 1. The number of rotatable bonds is 4. The number of nitrogens with zero attached hydrogens (tertiary/aromatic N) is 1. The van der Waals surface area contributed by atoms with Gasteiger partial charge in [-0.1, -0.05) is 6.07 Å². The molecule has 0 bridgehead atoms. The van der Waals surface area contributed by atoms with Gasteiger partial charge in [0.05, 0.1) is 12.7 Å². The first-order valence-electron chi connectivity index (χ1n) is 8.22. The van der Waals surface area contributed by atoms with Gasteiger partial charge in [0.1, 0.15) is 11.6 Å². The van der Waals surface area contributed by atoms with Crippen molar-refractivity contribution in [2.24, 2.45) is 0 Å². The van der Waals surface area contributed by atoms with Crippen LogP contribution >= 0.6 is 15.9 Å². The maximum Gasteiger partial charge on any atom is 0.255 e. The molecule has 1 heterocycles. The van der Waals surface area contributed by atoms with Gasteiger partial charge >= 0.3 is 0 Å². The summed E-state index contributed by atoms with van der Waals surface area (Å²) in [5.41, 5.74) is 1.52. The third kappa shape index (κ3) is 4.31. The van der Waals surface area contributed by atoms with Crippen molar-refractivity contribution in [3.05, 3.63) is 58.3 Å². The predicted octanol–water partition coefficient (Wildman–Crippen LogP) is 4.31. The van der Waals surface area contributed by atoms with Crippen LogP contribution in [0.3, 0.4) is 0 Å². The van der Waals surface area contributed by atoms with Gasteiger partial charge in [0.25, 0.3) is 5.91 Å². The van der Waals surface area contributed by atoms with Crippen molar-refractivity contribution in [1.82, 2.24) is 4.90 Å². The predicted molar refractivity (Wildman–Crippen MR) is 99.6 cm³/mol. The van der Waals surface area contributed by atoms with E-state index in [1.54, 1.807) is 7.11 Å². The third-order valence-electron chi connectivity index (χ3n) is 4.38. The van der Waals surface area contributed by atoms with Crippen LogP contribution in [0.15, 0.2) is 46.9 Å². The average molecular weight is 407 g/mol. The fourth-order valence-electron chi connectivity index (χ4n) is 3.01. The zero-order chi connectivity index (χ0) is 17.8. The van der Waals surface area contributed by atoms with E-state index in [1.807, 2.05) is 29.2 Å². The van der Waals surface area contributed by atoms with Crippen molar-refractivity contribution in [3.63, 3.8) is 0 Å². The molecule has 0 atom stereocenters. The monoisotopic (exact) mass is 406 g/mol. The molecule has 1 fully saturated rings. The van der Waals surface area contributed by atoms with Crippen LogP contribution in [0.1, 0.15) is 23.2 Å². The molecule has 0 saturated carbocycles. The van der Waals surface area contributed by atoms with Crippen LogP contribution in [0.25, 0.3) is 0 Å². The van der Waals surface area contributed by atoms with E-state index in [0.717, 1.165) is 24.3 Å². The minimum atomic E-state index is -0.357. The topological polar surface area (TPSA) is 41.6 Å². The molecule has 4 nitrogen and oxygen atoms in total. The molecule has 1 aliphatic heterocycles. The Labute approximate surface area is 155 Å². The van der Waals surface area contributed by atoms with Crippen LogP contribution in [-0.4, -0.2) is 37.0 Å². The fraction of sp³-hybridized carbons (Fsp3) is 0.316. The van der Waals surface area contributed by atoms with E-state index in [2.05, 4.69) is 21.2 Å². The van der Waals surface area contributed by atoms with Crippen LogP contribution in [0.4, 0.5) is 10.1 Å². The average Bonchev–Trinajstić information content (AvgIpc) is 2.62. The summed E-state index contributed by atoms with van der Waals surface area (Å²) in [4.78, 5) is 14.4. The number of carbonyl (C=O) groups excluding carboxylic acids is 1. The Kier molecular flexibility index (Phi) is 5.58. The van der Waals surface area contributed by atoms with E-state index in [1.165, 1.54) is 18.2 Å². The Morgan fingerprint density at radius 1 is 1.24 bits per heavy atom. The highest BCUT2D eigenvalue weighted by Gasteiger charge is 2.24. The molecule has 0 aliphatic carbocycles. The minimum Gasteiger partial charge on any atom is -0.497 e. The third-order valence-corrected chi connectivity index (χ3v) is 5.04. The fourth-order valence-corrected chi connectivity index (χ4v) is 3.53. The molecule has 132 valence electrons. The summed E-state index contributed by atoms with van der Waals surface area (Å²) in [6, 6.07) is 12.3. The van der Waals surface area contributed by atoms with Gasteiger partial charge < -0.3 is 15.0 Å². The number of hydrogen-bond acceptors (Lipinski definition) is 3. The van der Waals surface area contributed by atoms with Gasteiger partial charge in [0.2, 0.25) is 0 Å². The Bertz CT molecular complexity index is 761. The summed E-state index contributed by atoms with van der Waals surface area (Å²) < 4.78 is 18.9. The second-order valence-corrected chi connectivity index (χ2v) is 6.92. The Hall–Kier alpha value is -2.08. The lowest BCUT2D eigenvalue weighted by Gasteiger charge is -2.33. The van der Waals surface area contributed by atoms with Crippen molar-refractivity contribution in [2.45, 2.75) is 18.9 Å². The van der Waals surface area contributed by atoms with Crippen molar-refractivity contribution in [3.8, 4) is 5.75 Å². The van der Waals surface area contributed by atoms with Gasteiger partial charge in [0, 0.05) is 35.4 Å². The first-order chi connectivity index (χ1) is 12.1. The second-order valence-electron chi connectivity index (χ2n) is 6.07. The Morgan fingerprint density at radius 2 is 2.00 bits per heavy atom. The Morgan fingerprint density at radius 3 is 2.68 bits per heavy atom. The highest BCUT2D eigenvalue weighted by molar-refractivity contribution is 9.10. The molecule has 6 heteroatoms. The molecule has 25 heavy (non-hydrogen) atoms. The number of anilines is 1. The van der Waals surface area contributed by atoms with E-state index < -0.39 is 0 Å². The molecule has 1 saturated heterocycles. The quantitative estimate of drug-likeness (QED) is 0.821. The highest BCUT2D eigenvalue weighted by Crippen LogP contribution is 2.24. The highest BCUT2D eigenvalue weighted by atomic mass is 79.9. The van der Waals surface area contributed by atoms with Crippen molar-refractivity contribution < 1.29 is 13.9 Å². The summed E-state index contributed by atoms with van der Waals surface area (Å²) in [6.07, 6.45) is 1.73. The summed E-state index contributed by atoms with van der Waals surface area (Å²) in [6.45, 7) is 1.34. The number of nitrogens with one attached hydrogen (secondary N) is 1. The standard InChI is InChI=1S/C19H20BrFN2O2/c1-25-16-4-2-3-15(12-16)22-14-7-9-23(10-8-14)19(24)17-6-5-13(21)11-18(17)20/h2-6,11-12,14,22H,7-10H2,1H3. The van der Waals surface area contributed by atoms with E-state index in [4.69, 9.17) is 4.74 Å². The van der Waals surface area contributed by atoms with Crippen molar-refractivity contribution >= 4 is 27.5 Å². The van der Waals surface area contributed by atoms with Crippen LogP contribution in [0.2, 0.25) is 0 Å². The van der Waals surface area contributed by atoms with Gasteiger partial charge in [-0.2, -0.15) is 0 Å². The number of methoxy groups -OCH3 is 1. The molecule has 1 N–H and O–H groups in total. The molecular formula is C19H20BrFN2O2. The Balaban J connectivity index is 1.58. The zero-order valence-corrected chi connectivity index (χ0v) is 15.6. The normalized spacial score (nSPS) is 15.1. The van der Waals surface area contributed by atoms with Gasteiger partial charge in [-0.3, -0.25) is 4.79 Å². The van der Waals surface area contributed by atoms with Crippen LogP contribution in [0, 0.1) is 5.82 Å². The number of hydrogen-bond donors (Lipinski definition) is 1. The molecule has 1 aliphatic rings. The lowest BCUT2D eigenvalue weighted by Crippen LogP contribution is -2.42.